The van der Waals surface area contributed by atoms with Crippen molar-refractivity contribution in [2.75, 3.05) is 6.61 Å². The van der Waals surface area contributed by atoms with E-state index >= 15 is 0 Å². The van der Waals surface area contributed by atoms with Crippen molar-refractivity contribution < 1.29 is 27.4 Å². The van der Waals surface area contributed by atoms with Crippen LogP contribution in [0.1, 0.15) is 18.9 Å². The number of alkyl halides is 3. The Bertz CT molecular complexity index is 1110. The second-order valence-corrected chi connectivity index (χ2v) is 7.03. The molecule has 0 aliphatic heterocycles. The average molecular weight is 466 g/mol. The van der Waals surface area contributed by atoms with E-state index in [0.717, 1.165) is 11.3 Å². The summed E-state index contributed by atoms with van der Waals surface area (Å²) < 4.78 is 49.1. The predicted octanol–water partition coefficient (Wildman–Crippen LogP) is 4.61. The molecule has 3 rings (SSSR count). The molecular weight excluding hydrogens is 445 g/mol. The van der Waals surface area contributed by atoms with E-state index in [1.807, 2.05) is 31.2 Å². The standard InChI is InChI=1S/C21H21F3N4O3S/c1-2-30-16-9-7-14(8-10-16)19-26-27-20(32)28(19)12-11-18(29)25-13-15-5-3-4-6-17(15)31-21(22,23)24/h3-10H,2,11-13H2,1H3,(H,25,29)(H,27,32). The fraction of sp³-hybridized carbons (Fsp3) is 0.286. The smallest absolute Gasteiger partial charge is 0.494 e. The monoisotopic (exact) mass is 466 g/mol. The maximum absolute atomic E-state index is 12.5. The van der Waals surface area contributed by atoms with Gasteiger partial charge in [-0.05, 0) is 49.5 Å². The van der Waals surface area contributed by atoms with Gasteiger partial charge in [0.1, 0.15) is 11.5 Å². The van der Waals surface area contributed by atoms with Crippen LogP contribution in [0.25, 0.3) is 11.4 Å². The van der Waals surface area contributed by atoms with Gasteiger partial charge in [0.05, 0.1) is 6.61 Å². The van der Waals surface area contributed by atoms with Crippen molar-refractivity contribution >= 4 is 18.1 Å². The van der Waals surface area contributed by atoms with Crippen LogP contribution in [0.5, 0.6) is 11.5 Å². The Morgan fingerprint density at radius 2 is 1.91 bits per heavy atom. The van der Waals surface area contributed by atoms with E-state index in [2.05, 4.69) is 20.3 Å². The third kappa shape index (κ3) is 6.33. The third-order valence-electron chi connectivity index (χ3n) is 4.42. The molecule has 3 aromatic rings. The number of rotatable bonds is 9. The van der Waals surface area contributed by atoms with Crippen LogP contribution >= 0.6 is 12.2 Å². The Balaban J connectivity index is 1.62. The summed E-state index contributed by atoms with van der Waals surface area (Å²) in [5.41, 5.74) is 1.01. The molecule has 32 heavy (non-hydrogen) atoms. The molecule has 2 N–H and O–H groups in total. The van der Waals surface area contributed by atoms with Gasteiger partial charge in [0, 0.05) is 30.6 Å². The summed E-state index contributed by atoms with van der Waals surface area (Å²) in [4.78, 5) is 12.3. The molecule has 1 heterocycles. The second-order valence-electron chi connectivity index (χ2n) is 6.64. The van der Waals surface area contributed by atoms with Crippen molar-refractivity contribution in [2.24, 2.45) is 0 Å². The van der Waals surface area contributed by atoms with Gasteiger partial charge in [-0.15, -0.1) is 13.2 Å². The van der Waals surface area contributed by atoms with Crippen LogP contribution in [0.4, 0.5) is 13.2 Å². The highest BCUT2D eigenvalue weighted by atomic mass is 32.1. The number of para-hydroxylation sites is 1. The molecule has 0 bridgehead atoms. The van der Waals surface area contributed by atoms with Crippen LogP contribution < -0.4 is 14.8 Å². The van der Waals surface area contributed by atoms with E-state index in [0.29, 0.717) is 17.2 Å². The minimum atomic E-state index is -4.81. The summed E-state index contributed by atoms with van der Waals surface area (Å²) in [7, 11) is 0. The number of H-pyrrole nitrogens is 1. The maximum atomic E-state index is 12.5. The molecule has 0 fully saturated rings. The molecule has 11 heteroatoms. The fourth-order valence-electron chi connectivity index (χ4n) is 2.98. The topological polar surface area (TPSA) is 81.2 Å². The van der Waals surface area contributed by atoms with Gasteiger partial charge in [-0.3, -0.25) is 14.5 Å². The number of aromatic amines is 1. The van der Waals surface area contributed by atoms with Crippen LogP contribution in [-0.4, -0.2) is 33.6 Å². The average Bonchev–Trinajstić information content (AvgIpc) is 3.11. The summed E-state index contributed by atoms with van der Waals surface area (Å²) >= 11 is 5.27. The maximum Gasteiger partial charge on any atom is 0.573 e. The minimum Gasteiger partial charge on any atom is -0.494 e. The highest BCUT2D eigenvalue weighted by molar-refractivity contribution is 7.71. The molecular formula is C21H21F3N4O3S. The van der Waals surface area contributed by atoms with Crippen LogP contribution in [0, 0.1) is 4.77 Å². The number of hydrogen-bond donors (Lipinski definition) is 2. The first kappa shape index (κ1) is 23.3. The predicted molar refractivity (Wildman–Crippen MR) is 114 cm³/mol. The van der Waals surface area contributed by atoms with Crippen LogP contribution in [0.15, 0.2) is 48.5 Å². The Morgan fingerprint density at radius 3 is 2.59 bits per heavy atom. The van der Waals surface area contributed by atoms with Gasteiger partial charge in [0.25, 0.3) is 0 Å². The van der Waals surface area contributed by atoms with Gasteiger partial charge < -0.3 is 14.8 Å². The van der Waals surface area contributed by atoms with E-state index in [1.165, 1.54) is 18.2 Å². The molecule has 0 atom stereocenters. The normalized spacial score (nSPS) is 11.2. The number of carbonyl (C=O) groups is 1. The van der Waals surface area contributed by atoms with Gasteiger partial charge in [0.15, 0.2) is 10.6 Å². The molecule has 0 saturated carbocycles. The lowest BCUT2D eigenvalue weighted by molar-refractivity contribution is -0.274. The van der Waals surface area contributed by atoms with E-state index in [1.54, 1.807) is 10.6 Å². The summed E-state index contributed by atoms with van der Waals surface area (Å²) in [6, 6.07) is 12.9. The van der Waals surface area contributed by atoms with Crippen LogP contribution in [-0.2, 0) is 17.9 Å². The van der Waals surface area contributed by atoms with E-state index in [-0.39, 0.29) is 36.7 Å². The fourth-order valence-corrected chi connectivity index (χ4v) is 3.21. The first-order valence-electron chi connectivity index (χ1n) is 9.75. The number of hydrogen-bond acceptors (Lipinski definition) is 5. The highest BCUT2D eigenvalue weighted by Gasteiger charge is 2.32. The second kappa shape index (κ2) is 10.3. The first-order valence-corrected chi connectivity index (χ1v) is 10.2. The number of halogens is 3. The zero-order valence-electron chi connectivity index (χ0n) is 17.1. The molecule has 7 nitrogen and oxygen atoms in total. The van der Waals surface area contributed by atoms with Crippen molar-refractivity contribution in [3.05, 3.63) is 58.9 Å². The summed E-state index contributed by atoms with van der Waals surface area (Å²) in [5, 5.41) is 9.55. The van der Waals surface area contributed by atoms with Gasteiger partial charge in [-0.1, -0.05) is 18.2 Å². The number of benzene rings is 2. The Labute approximate surface area is 187 Å². The quantitative estimate of drug-likeness (QED) is 0.450. The molecule has 170 valence electrons. The number of aromatic nitrogens is 3. The molecule has 0 unspecified atom stereocenters. The molecule has 2 aromatic carbocycles. The van der Waals surface area contributed by atoms with Gasteiger partial charge in [-0.2, -0.15) is 5.10 Å². The largest absolute Gasteiger partial charge is 0.573 e. The lowest BCUT2D eigenvalue weighted by Crippen LogP contribution is -2.25. The summed E-state index contributed by atoms with van der Waals surface area (Å²) in [5.74, 6) is 0.587. The molecule has 0 radical (unpaired) electrons. The Kier molecular flexibility index (Phi) is 7.52. The number of amides is 1. The highest BCUT2D eigenvalue weighted by Crippen LogP contribution is 2.26. The van der Waals surface area contributed by atoms with Crippen molar-refractivity contribution in [2.45, 2.75) is 32.8 Å². The molecule has 0 aliphatic rings. The molecule has 0 spiro atoms. The molecule has 0 saturated heterocycles. The van der Waals surface area contributed by atoms with E-state index < -0.39 is 6.36 Å². The van der Waals surface area contributed by atoms with Gasteiger partial charge >= 0.3 is 6.36 Å². The van der Waals surface area contributed by atoms with Crippen LogP contribution in [0.2, 0.25) is 0 Å². The minimum absolute atomic E-state index is 0.0557. The Hall–Kier alpha value is -3.34. The van der Waals surface area contributed by atoms with E-state index in [4.69, 9.17) is 17.0 Å². The zero-order valence-corrected chi connectivity index (χ0v) is 17.9. The third-order valence-corrected chi connectivity index (χ3v) is 4.73. The molecule has 1 aromatic heterocycles. The lowest BCUT2D eigenvalue weighted by atomic mass is 10.2. The SMILES string of the molecule is CCOc1ccc(-c2n[nH]c(=S)n2CCC(=O)NCc2ccccc2OC(F)(F)F)cc1. The number of ether oxygens (including phenoxy) is 2. The summed E-state index contributed by atoms with van der Waals surface area (Å²) in [6.45, 7) is 2.59. The van der Waals surface area contributed by atoms with Crippen molar-refractivity contribution in [1.29, 1.82) is 0 Å². The van der Waals surface area contributed by atoms with Crippen molar-refractivity contribution in [3.63, 3.8) is 0 Å². The summed E-state index contributed by atoms with van der Waals surface area (Å²) in [6.07, 6.45) is -4.75. The van der Waals surface area contributed by atoms with Crippen molar-refractivity contribution in [1.82, 2.24) is 20.1 Å². The van der Waals surface area contributed by atoms with Crippen LogP contribution in [0.3, 0.4) is 0 Å². The lowest BCUT2D eigenvalue weighted by Gasteiger charge is -2.14. The number of carbonyl (C=O) groups excluding carboxylic acids is 1. The zero-order chi connectivity index (χ0) is 23.1. The van der Waals surface area contributed by atoms with E-state index in [9.17, 15) is 18.0 Å². The van der Waals surface area contributed by atoms with Gasteiger partial charge in [0.2, 0.25) is 5.91 Å². The number of nitrogens with zero attached hydrogens (tertiary/aromatic N) is 2. The molecule has 0 aliphatic carbocycles. The molecule has 1 amide bonds. The Morgan fingerprint density at radius 1 is 1.19 bits per heavy atom. The number of nitrogens with one attached hydrogen (secondary N) is 2. The van der Waals surface area contributed by atoms with Gasteiger partial charge in [-0.25, -0.2) is 0 Å². The van der Waals surface area contributed by atoms with Crippen molar-refractivity contribution in [3.8, 4) is 22.9 Å². The first-order chi connectivity index (χ1) is 15.3.